The molecule has 30 heavy (non-hydrogen) atoms. The van der Waals surface area contributed by atoms with Gasteiger partial charge in [0.2, 0.25) is 10.0 Å². The molecular weight excluding hydrogens is 406 g/mol. The van der Waals surface area contributed by atoms with Crippen molar-refractivity contribution in [1.29, 1.82) is 0 Å². The summed E-state index contributed by atoms with van der Waals surface area (Å²) < 4.78 is 28.0. The van der Waals surface area contributed by atoms with Gasteiger partial charge >= 0.3 is 6.09 Å². The molecule has 0 aliphatic heterocycles. The Kier molecular flexibility index (Phi) is 10.1. The molecule has 170 valence electrons. The second-order valence-electron chi connectivity index (χ2n) is 7.98. The number of ether oxygens (including phenoxy) is 1. The van der Waals surface area contributed by atoms with E-state index in [4.69, 9.17) is 9.88 Å². The lowest BCUT2D eigenvalue weighted by Crippen LogP contribution is -2.48. The smallest absolute Gasteiger partial charge is 0.407 e. The molecule has 10 heteroatoms. The standard InChI is InChI=1S/C20H35N5O4S/c1-6-7-8-16(14-24-19(26)29-20(2,3)4)25-18(22-5)23-13-15-9-11-17(12-10-15)30(21,27)28/h9-12,16H,6-8,13-14H2,1-5H3,(H,24,26)(H2,21,27,28)(H2,22,23,25). The molecular formula is C20H35N5O4S. The van der Waals surface area contributed by atoms with Gasteiger partial charge in [-0.05, 0) is 44.9 Å². The number of aliphatic imine (C=N–C) groups is 1. The van der Waals surface area contributed by atoms with E-state index in [1.54, 1.807) is 19.2 Å². The number of nitrogens with two attached hydrogens (primary N) is 1. The summed E-state index contributed by atoms with van der Waals surface area (Å²) in [5.74, 6) is 0.581. The quantitative estimate of drug-likeness (QED) is 0.342. The molecule has 1 amide bonds. The zero-order valence-electron chi connectivity index (χ0n) is 18.5. The molecule has 0 radical (unpaired) electrons. The van der Waals surface area contributed by atoms with E-state index in [-0.39, 0.29) is 10.9 Å². The van der Waals surface area contributed by atoms with Crippen molar-refractivity contribution in [1.82, 2.24) is 16.0 Å². The van der Waals surface area contributed by atoms with Crippen LogP contribution in [-0.4, -0.2) is 45.7 Å². The van der Waals surface area contributed by atoms with Gasteiger partial charge in [-0.1, -0.05) is 31.9 Å². The third kappa shape index (κ3) is 10.4. The fourth-order valence-electron chi connectivity index (χ4n) is 2.57. The number of nitrogens with one attached hydrogen (secondary N) is 3. The lowest BCUT2D eigenvalue weighted by Gasteiger charge is -2.24. The van der Waals surface area contributed by atoms with Crippen LogP contribution in [0.25, 0.3) is 0 Å². The number of nitrogens with zero attached hydrogens (tertiary/aromatic N) is 1. The molecule has 1 aromatic carbocycles. The van der Waals surface area contributed by atoms with E-state index < -0.39 is 21.7 Å². The first-order valence-electron chi connectivity index (χ1n) is 10.0. The molecule has 1 aromatic rings. The summed E-state index contributed by atoms with van der Waals surface area (Å²) in [5.41, 5.74) is 0.328. The van der Waals surface area contributed by atoms with Gasteiger partial charge in [0.1, 0.15) is 5.60 Å². The Morgan fingerprint density at radius 1 is 1.20 bits per heavy atom. The van der Waals surface area contributed by atoms with E-state index in [2.05, 4.69) is 27.9 Å². The topological polar surface area (TPSA) is 135 Å². The minimum atomic E-state index is -3.71. The molecule has 0 saturated heterocycles. The van der Waals surface area contributed by atoms with Crippen LogP contribution in [0.4, 0.5) is 4.79 Å². The van der Waals surface area contributed by atoms with E-state index in [0.29, 0.717) is 19.0 Å². The van der Waals surface area contributed by atoms with E-state index >= 15 is 0 Å². The fourth-order valence-corrected chi connectivity index (χ4v) is 3.08. The first-order valence-corrected chi connectivity index (χ1v) is 11.5. The van der Waals surface area contributed by atoms with Crippen molar-refractivity contribution in [2.24, 2.45) is 10.1 Å². The van der Waals surface area contributed by atoms with Crippen LogP contribution in [0.1, 0.15) is 52.5 Å². The van der Waals surface area contributed by atoms with Crippen LogP contribution >= 0.6 is 0 Å². The number of alkyl carbamates (subject to hydrolysis) is 1. The van der Waals surface area contributed by atoms with Crippen LogP contribution in [0.3, 0.4) is 0 Å². The van der Waals surface area contributed by atoms with E-state index in [1.165, 1.54) is 12.1 Å². The maximum absolute atomic E-state index is 11.9. The van der Waals surface area contributed by atoms with Gasteiger partial charge in [-0.25, -0.2) is 18.4 Å². The van der Waals surface area contributed by atoms with E-state index in [1.807, 2.05) is 20.8 Å². The van der Waals surface area contributed by atoms with Crippen molar-refractivity contribution in [3.8, 4) is 0 Å². The van der Waals surface area contributed by atoms with Gasteiger partial charge in [0.25, 0.3) is 0 Å². The van der Waals surface area contributed by atoms with Crippen molar-refractivity contribution in [3.63, 3.8) is 0 Å². The zero-order valence-corrected chi connectivity index (χ0v) is 19.3. The highest BCUT2D eigenvalue weighted by Crippen LogP contribution is 2.09. The fraction of sp³-hybridized carbons (Fsp3) is 0.600. The number of unbranched alkanes of at least 4 members (excludes halogenated alkanes) is 1. The molecule has 1 unspecified atom stereocenters. The summed E-state index contributed by atoms with van der Waals surface area (Å²) in [6.45, 7) is 8.42. The Hall–Kier alpha value is -2.33. The molecule has 0 aliphatic carbocycles. The SMILES string of the molecule is CCCCC(CNC(=O)OC(C)(C)C)NC(=NC)NCc1ccc(S(N)(=O)=O)cc1. The average Bonchev–Trinajstić information content (AvgIpc) is 2.65. The summed E-state index contributed by atoms with van der Waals surface area (Å²) in [7, 11) is -2.04. The number of guanidine groups is 1. The van der Waals surface area contributed by atoms with Crippen LogP contribution in [0.2, 0.25) is 0 Å². The number of primary sulfonamides is 1. The number of hydrogen-bond donors (Lipinski definition) is 4. The second-order valence-corrected chi connectivity index (χ2v) is 9.54. The van der Waals surface area contributed by atoms with Crippen LogP contribution in [0, 0.1) is 0 Å². The number of benzene rings is 1. The number of carbonyl (C=O) groups is 1. The van der Waals surface area contributed by atoms with Crippen molar-refractivity contribution < 1.29 is 17.9 Å². The predicted octanol–water partition coefficient (Wildman–Crippen LogP) is 2.08. The molecule has 9 nitrogen and oxygen atoms in total. The summed E-state index contributed by atoms with van der Waals surface area (Å²) in [5, 5.41) is 14.4. The lowest BCUT2D eigenvalue weighted by molar-refractivity contribution is 0.0522. The van der Waals surface area contributed by atoms with Crippen molar-refractivity contribution in [2.75, 3.05) is 13.6 Å². The van der Waals surface area contributed by atoms with Crippen LogP contribution < -0.4 is 21.1 Å². The number of hydrogen-bond acceptors (Lipinski definition) is 5. The highest BCUT2D eigenvalue weighted by molar-refractivity contribution is 7.89. The summed E-state index contributed by atoms with van der Waals surface area (Å²) in [6.07, 6.45) is 2.44. The maximum atomic E-state index is 11.9. The molecule has 0 aliphatic rings. The van der Waals surface area contributed by atoms with Gasteiger partial charge in [-0.2, -0.15) is 0 Å². The molecule has 1 rings (SSSR count). The molecule has 0 bridgehead atoms. The minimum absolute atomic E-state index is 0.0200. The first-order chi connectivity index (χ1) is 13.9. The highest BCUT2D eigenvalue weighted by Gasteiger charge is 2.18. The largest absolute Gasteiger partial charge is 0.444 e. The number of sulfonamides is 1. The van der Waals surface area contributed by atoms with Crippen molar-refractivity contribution in [3.05, 3.63) is 29.8 Å². The average molecular weight is 442 g/mol. The normalized spacial score (nSPS) is 13.5. The highest BCUT2D eigenvalue weighted by atomic mass is 32.2. The lowest BCUT2D eigenvalue weighted by atomic mass is 10.1. The second kappa shape index (κ2) is 11.8. The minimum Gasteiger partial charge on any atom is -0.444 e. The molecule has 0 spiro atoms. The maximum Gasteiger partial charge on any atom is 0.407 e. The monoisotopic (exact) mass is 441 g/mol. The summed E-state index contributed by atoms with van der Waals surface area (Å²) in [6, 6.07) is 6.31. The molecule has 0 aromatic heterocycles. The van der Waals surface area contributed by atoms with Gasteiger partial charge in [0, 0.05) is 26.2 Å². The Bertz CT molecular complexity index is 801. The van der Waals surface area contributed by atoms with Gasteiger partial charge in [-0.15, -0.1) is 0 Å². The Balaban J connectivity index is 2.64. The Morgan fingerprint density at radius 3 is 2.33 bits per heavy atom. The summed E-state index contributed by atoms with van der Waals surface area (Å²) in [4.78, 5) is 16.2. The van der Waals surface area contributed by atoms with Gasteiger partial charge in [0.05, 0.1) is 4.90 Å². The van der Waals surface area contributed by atoms with E-state index in [9.17, 15) is 13.2 Å². The van der Waals surface area contributed by atoms with Crippen molar-refractivity contribution in [2.45, 2.75) is 70.0 Å². The molecule has 0 heterocycles. The van der Waals surface area contributed by atoms with E-state index in [0.717, 1.165) is 24.8 Å². The predicted molar refractivity (Wildman–Crippen MR) is 119 cm³/mol. The third-order valence-corrected chi connectivity index (χ3v) is 5.00. The number of amides is 1. The van der Waals surface area contributed by atoms with Crippen LogP contribution in [0.15, 0.2) is 34.2 Å². The molecule has 5 N–H and O–H groups in total. The third-order valence-electron chi connectivity index (χ3n) is 4.07. The van der Waals surface area contributed by atoms with Gasteiger partial charge < -0.3 is 20.7 Å². The molecule has 0 saturated carbocycles. The Morgan fingerprint density at radius 2 is 1.83 bits per heavy atom. The molecule has 1 atom stereocenters. The van der Waals surface area contributed by atoms with Gasteiger partial charge in [-0.3, -0.25) is 4.99 Å². The number of carbonyl (C=O) groups excluding carboxylic acids is 1. The number of rotatable bonds is 9. The molecule has 0 fully saturated rings. The summed E-state index contributed by atoms with van der Waals surface area (Å²) >= 11 is 0. The first kappa shape index (κ1) is 25.7. The Labute approximate surface area is 179 Å². The van der Waals surface area contributed by atoms with Crippen molar-refractivity contribution >= 4 is 22.1 Å². The van der Waals surface area contributed by atoms with Crippen LogP contribution in [0.5, 0.6) is 0 Å². The zero-order chi connectivity index (χ0) is 22.8. The van der Waals surface area contributed by atoms with Gasteiger partial charge in [0.15, 0.2) is 5.96 Å². The van der Waals surface area contributed by atoms with Crippen LogP contribution in [-0.2, 0) is 21.3 Å².